The maximum absolute atomic E-state index is 13.7. The lowest BCUT2D eigenvalue weighted by molar-refractivity contribution is -0.136. The first kappa shape index (κ1) is 36.6. The summed E-state index contributed by atoms with van der Waals surface area (Å²) in [5.41, 5.74) is 9.34. The summed E-state index contributed by atoms with van der Waals surface area (Å²) in [6.07, 6.45) is 8.34. The number of benzene rings is 2. The van der Waals surface area contributed by atoms with Gasteiger partial charge >= 0.3 is 0 Å². The molecule has 2 atom stereocenters. The number of anilines is 2. The molecule has 1 unspecified atom stereocenters. The van der Waals surface area contributed by atoms with Crippen molar-refractivity contribution in [1.82, 2.24) is 34.5 Å². The number of unbranched alkanes of at least 4 members (excludes halogenated alkanes) is 1. The van der Waals surface area contributed by atoms with Crippen molar-refractivity contribution >= 4 is 64.4 Å². The SMILES string of the molecule is Nc1nccn2c([C@@H]3CCCN3C(=O)CCCCSc3cccc4c3C(=O)N(C3CCC(=O)NC3=O)C4=O)nc(-c3ccc(C(=O)Nc4ccccn4)cc3)c12. The molecule has 56 heavy (non-hydrogen) atoms. The fourth-order valence-electron chi connectivity index (χ4n) is 7.57. The first-order chi connectivity index (χ1) is 27.2. The van der Waals surface area contributed by atoms with E-state index in [4.69, 9.17) is 10.7 Å². The summed E-state index contributed by atoms with van der Waals surface area (Å²) in [5, 5.41) is 5.01. The summed E-state index contributed by atoms with van der Waals surface area (Å²) in [6, 6.07) is 16.1. The number of fused-ring (bicyclic) bond motifs is 2. The second kappa shape index (κ2) is 15.4. The van der Waals surface area contributed by atoms with Gasteiger partial charge in [0.15, 0.2) is 0 Å². The highest BCUT2D eigenvalue weighted by Gasteiger charge is 2.45. The van der Waals surface area contributed by atoms with E-state index in [-0.39, 0.29) is 41.8 Å². The quantitative estimate of drug-likeness (QED) is 0.0959. The third kappa shape index (κ3) is 6.87. The molecular formula is C40H37N9O6S. The summed E-state index contributed by atoms with van der Waals surface area (Å²) in [5.74, 6) is -0.376. The van der Waals surface area contributed by atoms with Gasteiger partial charge in [0.25, 0.3) is 17.7 Å². The number of nitrogens with zero attached hydrogens (tertiary/aromatic N) is 6. The molecule has 0 bridgehead atoms. The molecule has 2 saturated heterocycles. The highest BCUT2D eigenvalue weighted by Crippen LogP contribution is 2.38. The Morgan fingerprint density at radius 1 is 0.911 bits per heavy atom. The molecule has 16 heteroatoms. The molecule has 15 nitrogen and oxygen atoms in total. The number of nitrogens with one attached hydrogen (secondary N) is 2. The van der Waals surface area contributed by atoms with Crippen LogP contribution in [0.25, 0.3) is 16.8 Å². The number of amides is 6. The summed E-state index contributed by atoms with van der Waals surface area (Å²) in [6.45, 7) is 0.596. The molecule has 3 aromatic heterocycles. The number of hydrogen-bond acceptors (Lipinski definition) is 11. The van der Waals surface area contributed by atoms with Gasteiger partial charge in [0.1, 0.15) is 34.7 Å². The van der Waals surface area contributed by atoms with Crippen molar-refractivity contribution in [1.29, 1.82) is 0 Å². The minimum atomic E-state index is -1.02. The van der Waals surface area contributed by atoms with E-state index in [1.165, 1.54) is 11.8 Å². The zero-order valence-corrected chi connectivity index (χ0v) is 31.0. The van der Waals surface area contributed by atoms with Crippen molar-refractivity contribution in [3.63, 3.8) is 0 Å². The first-order valence-corrected chi connectivity index (χ1v) is 19.4. The number of hydrogen-bond donors (Lipinski definition) is 3. The van der Waals surface area contributed by atoms with Crippen molar-refractivity contribution in [3.8, 4) is 11.3 Å². The largest absolute Gasteiger partial charge is 0.382 e. The number of pyridine rings is 1. The number of likely N-dealkylation sites (tertiary alicyclic amines) is 1. The van der Waals surface area contributed by atoms with Crippen LogP contribution in [0.3, 0.4) is 0 Å². The Balaban J connectivity index is 0.911. The molecule has 284 valence electrons. The van der Waals surface area contributed by atoms with Crippen molar-refractivity contribution in [2.24, 2.45) is 0 Å². The Morgan fingerprint density at radius 3 is 2.54 bits per heavy atom. The number of imidazole rings is 1. The third-order valence-electron chi connectivity index (χ3n) is 10.3. The van der Waals surface area contributed by atoms with E-state index in [0.29, 0.717) is 70.7 Å². The number of nitrogens with two attached hydrogens (primary N) is 1. The van der Waals surface area contributed by atoms with Crippen LogP contribution in [-0.2, 0) is 14.4 Å². The number of piperidine rings is 1. The van der Waals surface area contributed by atoms with E-state index >= 15 is 0 Å². The van der Waals surface area contributed by atoms with Crippen LogP contribution in [0.1, 0.15) is 87.9 Å². The summed E-state index contributed by atoms with van der Waals surface area (Å²) < 4.78 is 1.90. The van der Waals surface area contributed by atoms with Crippen molar-refractivity contribution < 1.29 is 28.8 Å². The first-order valence-electron chi connectivity index (χ1n) is 18.4. The predicted octanol–water partition coefficient (Wildman–Crippen LogP) is 4.65. The number of carbonyl (C=O) groups excluding carboxylic acids is 6. The van der Waals surface area contributed by atoms with Crippen LogP contribution < -0.4 is 16.4 Å². The molecule has 5 aromatic rings. The maximum atomic E-state index is 13.7. The Bertz CT molecular complexity index is 2400. The van der Waals surface area contributed by atoms with Gasteiger partial charge in [-0.1, -0.05) is 24.3 Å². The molecule has 2 aromatic carbocycles. The molecule has 2 fully saturated rings. The molecule has 3 aliphatic heterocycles. The lowest BCUT2D eigenvalue weighted by Crippen LogP contribution is -2.54. The summed E-state index contributed by atoms with van der Waals surface area (Å²) >= 11 is 1.43. The number of thioether (sulfide) groups is 1. The van der Waals surface area contributed by atoms with Gasteiger partial charge < -0.3 is 16.0 Å². The number of nitrogen functional groups attached to an aromatic ring is 1. The number of imide groups is 2. The van der Waals surface area contributed by atoms with Crippen LogP contribution in [0.2, 0.25) is 0 Å². The van der Waals surface area contributed by atoms with Gasteiger partial charge in [-0.2, -0.15) is 0 Å². The Morgan fingerprint density at radius 2 is 1.75 bits per heavy atom. The molecule has 4 N–H and O–H groups in total. The van der Waals surface area contributed by atoms with E-state index in [0.717, 1.165) is 23.3 Å². The van der Waals surface area contributed by atoms with Gasteiger partial charge in [-0.05, 0) is 74.3 Å². The summed E-state index contributed by atoms with van der Waals surface area (Å²) in [4.78, 5) is 94.3. The van der Waals surface area contributed by atoms with Crippen molar-refractivity contribution in [2.45, 2.75) is 61.9 Å². The summed E-state index contributed by atoms with van der Waals surface area (Å²) in [7, 11) is 0. The maximum Gasteiger partial charge on any atom is 0.263 e. The van der Waals surface area contributed by atoms with Gasteiger partial charge in [0.2, 0.25) is 17.7 Å². The standard InChI is InChI=1S/C40H37N9O6S/c41-35-34-33(23-12-14-24(15-13-23)37(52)44-29-10-1-3-18-42-29)46-36(48(34)21-19-43-35)26-8-6-20-47(26)31(51)11-2-4-22-56-28-9-5-7-25-32(28)40(55)49(39(25)54)27-16-17-30(50)45-38(27)53/h1,3,5,7,9-10,12-15,18-19,21,26-27H,2,4,6,8,11,16-17,20,22H2,(H2,41,43)(H,42,44,52)(H,45,50,53)/t26-,27?/m0/s1. The lowest BCUT2D eigenvalue weighted by Gasteiger charge is -2.27. The normalized spacial score (nSPS) is 18.1. The minimum absolute atomic E-state index is 0.0161. The average Bonchev–Trinajstić information content (AvgIpc) is 3.91. The number of carbonyl (C=O) groups is 6. The fourth-order valence-corrected chi connectivity index (χ4v) is 8.65. The highest BCUT2D eigenvalue weighted by molar-refractivity contribution is 7.99. The molecule has 0 radical (unpaired) electrons. The molecule has 8 rings (SSSR count). The fraction of sp³-hybridized carbons (Fsp3) is 0.275. The number of rotatable bonds is 11. The molecule has 6 heterocycles. The Labute approximate surface area is 325 Å². The van der Waals surface area contributed by atoms with Crippen LogP contribution in [-0.4, -0.2) is 82.9 Å². The second-order valence-corrected chi connectivity index (χ2v) is 14.9. The number of aromatic nitrogens is 4. The minimum Gasteiger partial charge on any atom is -0.382 e. The molecule has 6 amide bonds. The van der Waals surface area contributed by atoms with Crippen LogP contribution in [0.15, 0.2) is 84.1 Å². The van der Waals surface area contributed by atoms with Gasteiger partial charge in [-0.3, -0.25) is 43.4 Å². The molecule has 0 saturated carbocycles. The van der Waals surface area contributed by atoms with Gasteiger partial charge in [0, 0.05) is 54.0 Å². The zero-order valence-electron chi connectivity index (χ0n) is 30.1. The predicted molar refractivity (Wildman–Crippen MR) is 206 cm³/mol. The van der Waals surface area contributed by atoms with E-state index in [9.17, 15) is 28.8 Å². The molecular weight excluding hydrogens is 735 g/mol. The zero-order chi connectivity index (χ0) is 38.9. The second-order valence-electron chi connectivity index (χ2n) is 13.8. The third-order valence-corrected chi connectivity index (χ3v) is 11.4. The van der Waals surface area contributed by atoms with Gasteiger partial charge in [-0.15, -0.1) is 11.8 Å². The lowest BCUT2D eigenvalue weighted by atomic mass is 10.0. The van der Waals surface area contributed by atoms with Crippen LogP contribution in [0.4, 0.5) is 11.6 Å². The molecule has 0 aliphatic carbocycles. The Hall–Kier alpha value is -6.42. The van der Waals surface area contributed by atoms with Crippen LogP contribution in [0, 0.1) is 0 Å². The van der Waals surface area contributed by atoms with Crippen molar-refractivity contribution in [3.05, 3.63) is 102 Å². The van der Waals surface area contributed by atoms with Crippen LogP contribution >= 0.6 is 11.8 Å². The van der Waals surface area contributed by atoms with E-state index in [2.05, 4.69) is 20.6 Å². The van der Waals surface area contributed by atoms with Crippen molar-refractivity contribution in [2.75, 3.05) is 23.3 Å². The van der Waals surface area contributed by atoms with Crippen LogP contribution in [0.5, 0.6) is 0 Å². The van der Waals surface area contributed by atoms with E-state index in [1.54, 1.807) is 67.1 Å². The highest BCUT2D eigenvalue weighted by atomic mass is 32.2. The van der Waals surface area contributed by atoms with E-state index in [1.807, 2.05) is 21.4 Å². The smallest absolute Gasteiger partial charge is 0.263 e. The average molecular weight is 772 g/mol. The van der Waals surface area contributed by atoms with Gasteiger partial charge in [0.05, 0.1) is 17.2 Å². The molecule has 3 aliphatic rings. The topological polar surface area (TPSA) is 202 Å². The Kier molecular flexibility index (Phi) is 10.0. The monoisotopic (exact) mass is 771 g/mol. The van der Waals surface area contributed by atoms with E-state index < -0.39 is 29.7 Å². The molecule has 0 spiro atoms. The van der Waals surface area contributed by atoms with Gasteiger partial charge in [-0.25, -0.2) is 15.0 Å².